The molecule has 6 nitrogen and oxygen atoms in total. The lowest BCUT2D eigenvalue weighted by atomic mass is 10.1. The van der Waals surface area contributed by atoms with Crippen LogP contribution in [0.4, 0.5) is 11.4 Å². The molecule has 1 aromatic carbocycles. The summed E-state index contributed by atoms with van der Waals surface area (Å²) >= 11 is 0. The molecular weight excluding hydrogens is 236 g/mol. The van der Waals surface area contributed by atoms with E-state index in [-0.39, 0.29) is 18.0 Å². The van der Waals surface area contributed by atoms with Crippen molar-refractivity contribution in [3.05, 3.63) is 33.9 Å². The molecule has 0 radical (unpaired) electrons. The van der Waals surface area contributed by atoms with Gasteiger partial charge in [-0.2, -0.15) is 0 Å². The predicted octanol–water partition coefficient (Wildman–Crippen LogP) is 2.43. The second-order valence-electron chi connectivity index (χ2n) is 4.34. The number of carbonyl (C=O) groups is 1. The summed E-state index contributed by atoms with van der Waals surface area (Å²) in [6.45, 7) is 4.12. The number of non-ortho nitro benzene ring substituents is 1. The van der Waals surface area contributed by atoms with Crippen molar-refractivity contribution in [3.63, 3.8) is 0 Å². The quantitative estimate of drug-likeness (QED) is 0.599. The summed E-state index contributed by atoms with van der Waals surface area (Å²) in [6.07, 6.45) is 0.0704. The van der Waals surface area contributed by atoms with E-state index in [1.165, 1.54) is 12.1 Å². The summed E-state index contributed by atoms with van der Waals surface area (Å²) < 4.78 is 0. The Morgan fingerprint density at radius 3 is 2.78 bits per heavy atom. The van der Waals surface area contributed by atoms with Crippen LogP contribution in [0.2, 0.25) is 0 Å². The molecule has 1 unspecified atom stereocenters. The fourth-order valence-electron chi connectivity index (χ4n) is 1.57. The first-order valence-electron chi connectivity index (χ1n) is 5.61. The minimum atomic E-state index is -0.847. The zero-order valence-corrected chi connectivity index (χ0v) is 10.3. The van der Waals surface area contributed by atoms with Gasteiger partial charge in [-0.3, -0.25) is 14.9 Å². The number of carboxylic acid groups (broad SMARTS) is 1. The molecule has 0 heterocycles. The largest absolute Gasteiger partial charge is 0.481 e. The summed E-state index contributed by atoms with van der Waals surface area (Å²) in [5.41, 5.74) is 1.58. The number of hydrogen-bond donors (Lipinski definition) is 2. The Morgan fingerprint density at radius 1 is 1.56 bits per heavy atom. The van der Waals surface area contributed by atoms with Gasteiger partial charge in [0.2, 0.25) is 0 Å². The molecule has 0 aliphatic rings. The van der Waals surface area contributed by atoms with E-state index < -0.39 is 10.9 Å². The molecule has 0 bridgehead atoms. The van der Waals surface area contributed by atoms with E-state index in [0.29, 0.717) is 12.2 Å². The number of aryl methyl sites for hydroxylation is 1. The van der Waals surface area contributed by atoms with Gasteiger partial charge in [0.15, 0.2) is 0 Å². The average Bonchev–Trinajstić information content (AvgIpc) is 2.26. The van der Waals surface area contributed by atoms with Crippen molar-refractivity contribution < 1.29 is 14.8 Å². The number of rotatable bonds is 6. The number of hydrogen-bond acceptors (Lipinski definition) is 4. The first-order chi connectivity index (χ1) is 8.40. The van der Waals surface area contributed by atoms with Crippen molar-refractivity contribution in [2.45, 2.75) is 20.3 Å². The van der Waals surface area contributed by atoms with E-state index in [0.717, 1.165) is 5.56 Å². The molecule has 0 saturated carbocycles. The minimum Gasteiger partial charge on any atom is -0.481 e. The van der Waals surface area contributed by atoms with Gasteiger partial charge in [-0.15, -0.1) is 0 Å². The molecule has 0 aliphatic heterocycles. The second-order valence-corrected chi connectivity index (χ2v) is 4.34. The van der Waals surface area contributed by atoms with Gasteiger partial charge in [-0.1, -0.05) is 13.0 Å². The van der Waals surface area contributed by atoms with Crippen LogP contribution in [0.15, 0.2) is 18.2 Å². The van der Waals surface area contributed by atoms with Crippen molar-refractivity contribution in [1.82, 2.24) is 0 Å². The summed E-state index contributed by atoms with van der Waals surface area (Å²) in [6, 6.07) is 4.58. The van der Waals surface area contributed by atoms with Gasteiger partial charge in [0.1, 0.15) is 0 Å². The average molecular weight is 252 g/mol. The van der Waals surface area contributed by atoms with Crippen LogP contribution in [0.1, 0.15) is 18.9 Å². The SMILES string of the molecule is Cc1ccc([N+](=O)[O-])cc1NCC(C)CC(=O)O. The van der Waals surface area contributed by atoms with Crippen LogP contribution in [0.3, 0.4) is 0 Å². The topological polar surface area (TPSA) is 92.5 Å². The zero-order valence-electron chi connectivity index (χ0n) is 10.3. The number of carboxylic acids is 1. The van der Waals surface area contributed by atoms with E-state index in [1.807, 2.05) is 13.8 Å². The number of nitro benzene ring substituents is 1. The normalized spacial score (nSPS) is 11.9. The van der Waals surface area contributed by atoms with Gasteiger partial charge in [-0.25, -0.2) is 0 Å². The Hall–Kier alpha value is -2.11. The lowest BCUT2D eigenvalue weighted by Crippen LogP contribution is -2.15. The molecule has 0 fully saturated rings. The Bertz CT molecular complexity index is 459. The molecule has 0 aliphatic carbocycles. The number of benzene rings is 1. The fourth-order valence-corrected chi connectivity index (χ4v) is 1.57. The third-order valence-electron chi connectivity index (χ3n) is 2.60. The number of aliphatic carboxylic acids is 1. The van der Waals surface area contributed by atoms with Crippen molar-refractivity contribution >= 4 is 17.3 Å². The van der Waals surface area contributed by atoms with Crippen molar-refractivity contribution in [3.8, 4) is 0 Å². The highest BCUT2D eigenvalue weighted by molar-refractivity contribution is 5.67. The summed E-state index contributed by atoms with van der Waals surface area (Å²) in [7, 11) is 0. The van der Waals surface area contributed by atoms with Gasteiger partial charge in [0, 0.05) is 30.8 Å². The maximum absolute atomic E-state index is 10.6. The van der Waals surface area contributed by atoms with E-state index in [1.54, 1.807) is 6.07 Å². The van der Waals surface area contributed by atoms with E-state index in [2.05, 4.69) is 5.32 Å². The molecule has 1 aromatic rings. The molecule has 2 N–H and O–H groups in total. The Balaban J connectivity index is 2.69. The lowest BCUT2D eigenvalue weighted by molar-refractivity contribution is -0.384. The molecule has 6 heteroatoms. The van der Waals surface area contributed by atoms with Crippen molar-refractivity contribution in [2.75, 3.05) is 11.9 Å². The summed E-state index contributed by atoms with van der Waals surface area (Å²) in [4.78, 5) is 20.7. The van der Waals surface area contributed by atoms with Gasteiger partial charge >= 0.3 is 5.97 Å². The predicted molar refractivity (Wildman–Crippen MR) is 67.7 cm³/mol. The smallest absolute Gasteiger partial charge is 0.303 e. The summed E-state index contributed by atoms with van der Waals surface area (Å²) in [5.74, 6) is -0.888. The van der Waals surface area contributed by atoms with Crippen LogP contribution in [0.25, 0.3) is 0 Å². The van der Waals surface area contributed by atoms with Crippen LogP contribution in [-0.4, -0.2) is 22.5 Å². The standard InChI is InChI=1S/C12H16N2O4/c1-8(5-12(15)16)7-13-11-6-10(14(17)18)4-3-9(11)2/h3-4,6,8,13H,5,7H2,1-2H3,(H,15,16). The van der Waals surface area contributed by atoms with E-state index >= 15 is 0 Å². The number of nitrogens with one attached hydrogen (secondary N) is 1. The highest BCUT2D eigenvalue weighted by Crippen LogP contribution is 2.22. The third-order valence-corrected chi connectivity index (χ3v) is 2.60. The Kier molecular flexibility index (Phi) is 4.65. The van der Waals surface area contributed by atoms with Gasteiger partial charge in [0.05, 0.1) is 4.92 Å². The van der Waals surface area contributed by atoms with Gasteiger partial charge in [-0.05, 0) is 18.4 Å². The van der Waals surface area contributed by atoms with Crippen LogP contribution in [-0.2, 0) is 4.79 Å². The van der Waals surface area contributed by atoms with Gasteiger partial charge < -0.3 is 10.4 Å². The van der Waals surface area contributed by atoms with Crippen LogP contribution < -0.4 is 5.32 Å². The Morgan fingerprint density at radius 2 is 2.22 bits per heavy atom. The van der Waals surface area contributed by atoms with Crippen LogP contribution in [0.5, 0.6) is 0 Å². The molecule has 0 spiro atoms. The molecule has 1 atom stereocenters. The number of nitrogens with zero attached hydrogens (tertiary/aromatic N) is 1. The van der Waals surface area contributed by atoms with Gasteiger partial charge in [0.25, 0.3) is 5.69 Å². The van der Waals surface area contributed by atoms with Crippen molar-refractivity contribution in [2.24, 2.45) is 5.92 Å². The molecular formula is C12H16N2O4. The number of nitro groups is 1. The first kappa shape index (κ1) is 14.0. The molecule has 0 amide bonds. The highest BCUT2D eigenvalue weighted by atomic mass is 16.6. The molecule has 1 rings (SSSR count). The highest BCUT2D eigenvalue weighted by Gasteiger charge is 2.11. The van der Waals surface area contributed by atoms with Crippen LogP contribution >= 0.6 is 0 Å². The van der Waals surface area contributed by atoms with Crippen molar-refractivity contribution in [1.29, 1.82) is 0 Å². The van der Waals surface area contributed by atoms with E-state index in [4.69, 9.17) is 5.11 Å². The monoisotopic (exact) mass is 252 g/mol. The number of anilines is 1. The molecule has 18 heavy (non-hydrogen) atoms. The fraction of sp³-hybridized carbons (Fsp3) is 0.417. The lowest BCUT2D eigenvalue weighted by Gasteiger charge is -2.13. The molecule has 0 aromatic heterocycles. The van der Waals surface area contributed by atoms with Crippen LogP contribution in [0, 0.1) is 23.0 Å². The molecule has 98 valence electrons. The van der Waals surface area contributed by atoms with E-state index in [9.17, 15) is 14.9 Å². The zero-order chi connectivity index (χ0) is 13.7. The maximum atomic E-state index is 10.6. The second kappa shape index (κ2) is 6.00. The Labute approximate surface area is 105 Å². The maximum Gasteiger partial charge on any atom is 0.303 e. The minimum absolute atomic E-state index is 0.0222. The summed E-state index contributed by atoms with van der Waals surface area (Å²) in [5, 5.41) is 22.3. The third kappa shape index (κ3) is 4.04. The molecule has 0 saturated heterocycles. The first-order valence-corrected chi connectivity index (χ1v) is 5.61.